The molecular formula is C13H22N2S. The summed E-state index contributed by atoms with van der Waals surface area (Å²) in [5, 5.41) is 3.40. The molecule has 0 fully saturated rings. The van der Waals surface area contributed by atoms with Crippen LogP contribution in [-0.2, 0) is 0 Å². The first-order valence-corrected chi connectivity index (χ1v) is 6.90. The molecule has 16 heavy (non-hydrogen) atoms. The number of nitrogens with two attached hydrogens (primary N) is 1. The molecule has 0 aromatic heterocycles. The quantitative estimate of drug-likeness (QED) is 0.589. The monoisotopic (exact) mass is 238 g/mol. The predicted octanol–water partition coefficient (Wildman–Crippen LogP) is 3.34. The second kappa shape index (κ2) is 6.16. The van der Waals surface area contributed by atoms with Crippen molar-refractivity contribution in [2.45, 2.75) is 37.1 Å². The van der Waals surface area contributed by atoms with E-state index in [-0.39, 0.29) is 5.54 Å². The number of hydrogen-bond donors (Lipinski definition) is 2. The first-order valence-electron chi connectivity index (χ1n) is 5.68. The highest BCUT2D eigenvalue weighted by atomic mass is 32.2. The van der Waals surface area contributed by atoms with Crippen LogP contribution >= 0.6 is 11.8 Å². The largest absolute Gasteiger partial charge is 0.385 e. The summed E-state index contributed by atoms with van der Waals surface area (Å²) in [5.41, 5.74) is 7.06. The van der Waals surface area contributed by atoms with Gasteiger partial charge in [-0.05, 0) is 57.2 Å². The Hall–Kier alpha value is -0.670. The van der Waals surface area contributed by atoms with Crippen LogP contribution < -0.4 is 11.1 Å². The zero-order chi connectivity index (χ0) is 12.0. The molecule has 0 saturated heterocycles. The summed E-state index contributed by atoms with van der Waals surface area (Å²) in [7, 11) is 0. The molecule has 0 aliphatic rings. The van der Waals surface area contributed by atoms with Gasteiger partial charge in [-0.2, -0.15) is 0 Å². The predicted molar refractivity (Wildman–Crippen MR) is 74.2 cm³/mol. The third-order valence-electron chi connectivity index (χ3n) is 2.42. The molecule has 0 heterocycles. The van der Waals surface area contributed by atoms with Crippen molar-refractivity contribution < 1.29 is 0 Å². The van der Waals surface area contributed by atoms with Crippen LogP contribution in [0, 0.1) is 0 Å². The van der Waals surface area contributed by atoms with Gasteiger partial charge in [-0.25, -0.2) is 0 Å². The molecule has 2 nitrogen and oxygen atoms in total. The fraction of sp³-hybridized carbons (Fsp3) is 0.538. The van der Waals surface area contributed by atoms with E-state index in [9.17, 15) is 0 Å². The first-order chi connectivity index (χ1) is 7.51. The van der Waals surface area contributed by atoms with Gasteiger partial charge in [0.2, 0.25) is 0 Å². The lowest BCUT2D eigenvalue weighted by molar-refractivity contribution is 0.465. The Balaban J connectivity index is 2.27. The van der Waals surface area contributed by atoms with Crippen LogP contribution in [-0.4, -0.2) is 18.3 Å². The van der Waals surface area contributed by atoms with Crippen LogP contribution in [0.2, 0.25) is 0 Å². The van der Waals surface area contributed by atoms with Crippen LogP contribution in [0.3, 0.4) is 0 Å². The average Bonchev–Trinajstić information content (AvgIpc) is 2.24. The fourth-order valence-electron chi connectivity index (χ4n) is 1.49. The van der Waals surface area contributed by atoms with Crippen LogP contribution in [0.25, 0.3) is 0 Å². The van der Waals surface area contributed by atoms with E-state index in [1.165, 1.54) is 10.6 Å². The fourth-order valence-corrected chi connectivity index (χ4v) is 1.89. The van der Waals surface area contributed by atoms with Crippen molar-refractivity contribution in [1.82, 2.24) is 0 Å². The van der Waals surface area contributed by atoms with Crippen molar-refractivity contribution in [1.29, 1.82) is 0 Å². The summed E-state index contributed by atoms with van der Waals surface area (Å²) in [6.07, 6.45) is 4.24. The summed E-state index contributed by atoms with van der Waals surface area (Å²) in [6, 6.07) is 8.53. The summed E-state index contributed by atoms with van der Waals surface area (Å²) in [5.74, 6) is 0. The standard InChI is InChI=1S/C13H22N2S/c1-13(2,14)9-4-10-15-11-5-7-12(16-3)8-6-11/h5-8,15H,4,9-10,14H2,1-3H3. The molecule has 1 rings (SSSR count). The first kappa shape index (κ1) is 13.4. The van der Waals surface area contributed by atoms with Crippen molar-refractivity contribution >= 4 is 17.4 Å². The third kappa shape index (κ3) is 5.42. The maximum Gasteiger partial charge on any atom is 0.0340 e. The van der Waals surface area contributed by atoms with Crippen molar-refractivity contribution in [3.8, 4) is 0 Å². The smallest absolute Gasteiger partial charge is 0.0340 e. The van der Waals surface area contributed by atoms with Gasteiger partial charge in [-0.3, -0.25) is 0 Å². The molecule has 0 atom stereocenters. The molecule has 0 aliphatic carbocycles. The number of anilines is 1. The van der Waals surface area contributed by atoms with Gasteiger partial charge in [0.15, 0.2) is 0 Å². The molecule has 0 saturated carbocycles. The third-order valence-corrected chi connectivity index (χ3v) is 3.16. The zero-order valence-corrected chi connectivity index (χ0v) is 11.2. The van der Waals surface area contributed by atoms with Gasteiger partial charge in [0.25, 0.3) is 0 Å². The Kier molecular flexibility index (Phi) is 5.16. The van der Waals surface area contributed by atoms with Gasteiger partial charge in [-0.1, -0.05) is 0 Å². The molecule has 0 amide bonds. The lowest BCUT2D eigenvalue weighted by Crippen LogP contribution is -2.32. The van der Waals surface area contributed by atoms with E-state index in [1.54, 1.807) is 11.8 Å². The lowest BCUT2D eigenvalue weighted by atomic mass is 10.0. The summed E-state index contributed by atoms with van der Waals surface area (Å²) in [4.78, 5) is 1.30. The van der Waals surface area contributed by atoms with E-state index in [2.05, 4.69) is 49.7 Å². The molecule has 90 valence electrons. The second-order valence-electron chi connectivity index (χ2n) is 4.75. The Bertz CT molecular complexity index is 301. The maximum absolute atomic E-state index is 5.92. The second-order valence-corrected chi connectivity index (χ2v) is 5.63. The lowest BCUT2D eigenvalue weighted by Gasteiger charge is -2.18. The molecule has 0 spiro atoms. The van der Waals surface area contributed by atoms with E-state index in [4.69, 9.17) is 5.73 Å². The van der Waals surface area contributed by atoms with Gasteiger partial charge >= 0.3 is 0 Å². The molecule has 3 N–H and O–H groups in total. The van der Waals surface area contributed by atoms with Crippen LogP contribution in [0.4, 0.5) is 5.69 Å². The van der Waals surface area contributed by atoms with Crippen molar-refractivity contribution in [2.75, 3.05) is 18.1 Å². The summed E-state index contributed by atoms with van der Waals surface area (Å²) < 4.78 is 0. The van der Waals surface area contributed by atoms with Gasteiger partial charge in [0.05, 0.1) is 0 Å². The topological polar surface area (TPSA) is 38.0 Å². The summed E-state index contributed by atoms with van der Waals surface area (Å²) >= 11 is 1.76. The minimum absolute atomic E-state index is 0.0512. The molecule has 1 aromatic carbocycles. The van der Waals surface area contributed by atoms with Crippen molar-refractivity contribution in [3.63, 3.8) is 0 Å². The number of rotatable bonds is 6. The number of hydrogen-bond acceptors (Lipinski definition) is 3. The van der Waals surface area contributed by atoms with Gasteiger partial charge in [0.1, 0.15) is 0 Å². The van der Waals surface area contributed by atoms with E-state index >= 15 is 0 Å². The Morgan fingerprint density at radius 1 is 1.25 bits per heavy atom. The highest BCUT2D eigenvalue weighted by molar-refractivity contribution is 7.98. The Morgan fingerprint density at radius 2 is 1.88 bits per heavy atom. The van der Waals surface area contributed by atoms with Gasteiger partial charge in [0, 0.05) is 22.7 Å². The minimum Gasteiger partial charge on any atom is -0.385 e. The van der Waals surface area contributed by atoms with E-state index in [1.807, 2.05) is 0 Å². The van der Waals surface area contributed by atoms with E-state index in [0.717, 1.165) is 19.4 Å². The van der Waals surface area contributed by atoms with E-state index < -0.39 is 0 Å². The maximum atomic E-state index is 5.92. The number of thioether (sulfide) groups is 1. The van der Waals surface area contributed by atoms with Gasteiger partial charge < -0.3 is 11.1 Å². The Morgan fingerprint density at radius 3 is 2.38 bits per heavy atom. The number of nitrogens with one attached hydrogen (secondary N) is 1. The molecule has 0 aliphatic heterocycles. The molecule has 1 aromatic rings. The highest BCUT2D eigenvalue weighted by Gasteiger charge is 2.08. The van der Waals surface area contributed by atoms with Crippen LogP contribution in [0.15, 0.2) is 29.2 Å². The highest BCUT2D eigenvalue weighted by Crippen LogP contribution is 2.17. The zero-order valence-electron chi connectivity index (χ0n) is 10.4. The normalized spacial score (nSPS) is 11.5. The Labute approximate surface area is 103 Å². The van der Waals surface area contributed by atoms with Crippen molar-refractivity contribution in [2.24, 2.45) is 5.73 Å². The van der Waals surface area contributed by atoms with Crippen LogP contribution in [0.1, 0.15) is 26.7 Å². The number of benzene rings is 1. The minimum atomic E-state index is -0.0512. The molecule has 0 bridgehead atoms. The van der Waals surface area contributed by atoms with E-state index in [0.29, 0.717) is 0 Å². The molecule has 0 unspecified atom stereocenters. The average molecular weight is 238 g/mol. The van der Waals surface area contributed by atoms with Crippen LogP contribution in [0.5, 0.6) is 0 Å². The van der Waals surface area contributed by atoms with Gasteiger partial charge in [-0.15, -0.1) is 11.8 Å². The molecule has 3 heteroatoms. The van der Waals surface area contributed by atoms with Crippen molar-refractivity contribution in [3.05, 3.63) is 24.3 Å². The molecular weight excluding hydrogens is 216 g/mol. The SMILES string of the molecule is CSc1ccc(NCCCC(C)(C)N)cc1. The summed E-state index contributed by atoms with van der Waals surface area (Å²) in [6.45, 7) is 5.12. The molecule has 0 radical (unpaired) electrons.